The number of carbonyl (C=O) groups excluding carboxylic acids is 1. The van der Waals surface area contributed by atoms with Crippen molar-refractivity contribution in [2.24, 2.45) is 5.92 Å². The van der Waals surface area contributed by atoms with Gasteiger partial charge in [0.25, 0.3) is 0 Å². The largest absolute Gasteiger partial charge is 0.396 e. The standard InChI is InChI=1S/C12H22N2O2/c1-4-6-14-9-10(2)8-13(3)11(5-7-15)12(14)16/h4,10-11,15H,1,5-9H2,2-3H3. The first-order valence-electron chi connectivity index (χ1n) is 5.81. The summed E-state index contributed by atoms with van der Waals surface area (Å²) >= 11 is 0. The van der Waals surface area contributed by atoms with Crippen molar-refractivity contribution in [3.8, 4) is 0 Å². The second kappa shape index (κ2) is 6.01. The summed E-state index contributed by atoms with van der Waals surface area (Å²) in [6, 6.07) is -0.185. The number of hydrogen-bond acceptors (Lipinski definition) is 3. The molecule has 0 bridgehead atoms. The van der Waals surface area contributed by atoms with Crippen LogP contribution in [-0.2, 0) is 4.79 Å². The highest BCUT2D eigenvalue weighted by Gasteiger charge is 2.31. The molecular formula is C12H22N2O2. The molecule has 92 valence electrons. The Morgan fingerprint density at radius 3 is 2.81 bits per heavy atom. The van der Waals surface area contributed by atoms with E-state index in [1.165, 1.54) is 0 Å². The Labute approximate surface area is 97.5 Å². The third kappa shape index (κ3) is 3.06. The molecule has 4 nitrogen and oxygen atoms in total. The van der Waals surface area contributed by atoms with Crippen molar-refractivity contribution in [3.63, 3.8) is 0 Å². The minimum Gasteiger partial charge on any atom is -0.396 e. The van der Waals surface area contributed by atoms with E-state index in [9.17, 15) is 4.79 Å². The van der Waals surface area contributed by atoms with Crippen molar-refractivity contribution in [3.05, 3.63) is 12.7 Å². The van der Waals surface area contributed by atoms with Crippen LogP contribution in [-0.4, -0.2) is 60.1 Å². The smallest absolute Gasteiger partial charge is 0.240 e. The average Bonchev–Trinajstić information content (AvgIpc) is 2.31. The quantitative estimate of drug-likeness (QED) is 0.703. The molecule has 1 fully saturated rings. The van der Waals surface area contributed by atoms with Crippen molar-refractivity contribution in [1.82, 2.24) is 9.80 Å². The number of rotatable bonds is 4. The van der Waals surface area contributed by atoms with Crippen molar-refractivity contribution >= 4 is 5.91 Å². The monoisotopic (exact) mass is 226 g/mol. The molecule has 2 unspecified atom stereocenters. The normalized spacial score (nSPS) is 27.9. The Morgan fingerprint density at radius 2 is 2.25 bits per heavy atom. The predicted molar refractivity (Wildman–Crippen MR) is 64.1 cm³/mol. The van der Waals surface area contributed by atoms with E-state index in [0.717, 1.165) is 13.1 Å². The van der Waals surface area contributed by atoms with Gasteiger partial charge in [-0.2, -0.15) is 0 Å². The highest BCUT2D eigenvalue weighted by molar-refractivity contribution is 5.82. The molecule has 0 aromatic heterocycles. The second-order valence-corrected chi connectivity index (χ2v) is 4.60. The summed E-state index contributed by atoms with van der Waals surface area (Å²) in [4.78, 5) is 16.1. The molecule has 1 aliphatic rings. The van der Waals surface area contributed by atoms with Crippen molar-refractivity contribution in [2.45, 2.75) is 19.4 Å². The molecule has 1 heterocycles. The summed E-state index contributed by atoms with van der Waals surface area (Å²) in [7, 11) is 1.95. The van der Waals surface area contributed by atoms with Gasteiger partial charge in [-0.1, -0.05) is 13.0 Å². The lowest BCUT2D eigenvalue weighted by Crippen LogP contribution is -2.44. The van der Waals surface area contributed by atoms with E-state index in [4.69, 9.17) is 5.11 Å². The van der Waals surface area contributed by atoms with Crippen LogP contribution >= 0.6 is 0 Å². The molecule has 0 radical (unpaired) electrons. The molecule has 1 amide bonds. The zero-order chi connectivity index (χ0) is 12.1. The molecule has 0 aromatic rings. The van der Waals surface area contributed by atoms with Gasteiger partial charge in [0.1, 0.15) is 0 Å². The SMILES string of the molecule is C=CCN1CC(C)CN(C)C(CCO)C1=O. The van der Waals surface area contributed by atoms with Gasteiger partial charge in [-0.3, -0.25) is 9.69 Å². The predicted octanol–water partition coefficient (Wildman–Crippen LogP) is 0.333. The van der Waals surface area contributed by atoms with Gasteiger partial charge in [-0.25, -0.2) is 0 Å². The number of carbonyl (C=O) groups is 1. The van der Waals surface area contributed by atoms with Crippen LogP contribution in [0.4, 0.5) is 0 Å². The lowest BCUT2D eigenvalue weighted by molar-refractivity contribution is -0.135. The first-order valence-corrected chi connectivity index (χ1v) is 5.81. The summed E-state index contributed by atoms with van der Waals surface area (Å²) in [5.41, 5.74) is 0. The molecule has 16 heavy (non-hydrogen) atoms. The number of nitrogens with zero attached hydrogens (tertiary/aromatic N) is 2. The average molecular weight is 226 g/mol. The number of amides is 1. The Morgan fingerprint density at radius 1 is 1.56 bits per heavy atom. The lowest BCUT2D eigenvalue weighted by Gasteiger charge is -2.26. The van der Waals surface area contributed by atoms with Crippen LogP contribution in [0.3, 0.4) is 0 Å². The molecule has 1 saturated heterocycles. The van der Waals surface area contributed by atoms with Gasteiger partial charge in [0.2, 0.25) is 5.91 Å². The summed E-state index contributed by atoms with van der Waals surface area (Å²) in [6.07, 6.45) is 2.27. The molecule has 0 saturated carbocycles. The molecule has 2 atom stereocenters. The van der Waals surface area contributed by atoms with E-state index in [2.05, 4.69) is 13.5 Å². The molecule has 0 aliphatic carbocycles. The second-order valence-electron chi connectivity index (χ2n) is 4.60. The summed E-state index contributed by atoms with van der Waals surface area (Å²) < 4.78 is 0. The fourth-order valence-electron chi connectivity index (χ4n) is 2.33. The minimum absolute atomic E-state index is 0.0526. The number of aliphatic hydroxyl groups excluding tert-OH is 1. The van der Waals surface area contributed by atoms with Gasteiger partial charge in [0, 0.05) is 26.2 Å². The number of likely N-dealkylation sites (N-methyl/N-ethyl adjacent to an activating group) is 1. The fourth-order valence-corrected chi connectivity index (χ4v) is 2.33. The Balaban J connectivity index is 2.81. The molecular weight excluding hydrogens is 204 g/mol. The van der Waals surface area contributed by atoms with Gasteiger partial charge in [0.05, 0.1) is 6.04 Å². The summed E-state index contributed by atoms with van der Waals surface area (Å²) in [5, 5.41) is 9.01. The van der Waals surface area contributed by atoms with Crippen LogP contribution < -0.4 is 0 Å². The number of aliphatic hydroxyl groups is 1. The van der Waals surface area contributed by atoms with Crippen molar-refractivity contribution in [2.75, 3.05) is 33.3 Å². The summed E-state index contributed by atoms with van der Waals surface area (Å²) in [6.45, 7) is 8.13. The van der Waals surface area contributed by atoms with E-state index in [1.807, 2.05) is 16.8 Å². The maximum Gasteiger partial charge on any atom is 0.240 e. The first-order chi connectivity index (χ1) is 7.60. The van der Waals surface area contributed by atoms with Gasteiger partial charge in [-0.05, 0) is 19.4 Å². The van der Waals surface area contributed by atoms with Gasteiger partial charge in [-0.15, -0.1) is 6.58 Å². The maximum absolute atomic E-state index is 12.2. The third-order valence-electron chi connectivity index (χ3n) is 3.01. The zero-order valence-electron chi connectivity index (χ0n) is 10.2. The van der Waals surface area contributed by atoms with E-state index < -0.39 is 0 Å². The molecule has 1 N–H and O–H groups in total. The Kier molecular flexibility index (Phi) is 4.96. The lowest BCUT2D eigenvalue weighted by atomic mass is 10.1. The van der Waals surface area contributed by atoms with E-state index >= 15 is 0 Å². The van der Waals surface area contributed by atoms with E-state index in [1.54, 1.807) is 6.08 Å². The van der Waals surface area contributed by atoms with Crippen LogP contribution in [0, 0.1) is 5.92 Å². The van der Waals surface area contributed by atoms with Gasteiger partial charge < -0.3 is 10.0 Å². The maximum atomic E-state index is 12.2. The Hall–Kier alpha value is -0.870. The van der Waals surface area contributed by atoms with E-state index in [0.29, 0.717) is 18.9 Å². The minimum atomic E-state index is -0.185. The van der Waals surface area contributed by atoms with Crippen LogP contribution in [0.1, 0.15) is 13.3 Å². The van der Waals surface area contributed by atoms with Crippen LogP contribution in [0.5, 0.6) is 0 Å². The third-order valence-corrected chi connectivity index (χ3v) is 3.01. The van der Waals surface area contributed by atoms with Gasteiger partial charge in [0.15, 0.2) is 0 Å². The van der Waals surface area contributed by atoms with Crippen LogP contribution in [0.15, 0.2) is 12.7 Å². The number of hydrogen-bond donors (Lipinski definition) is 1. The van der Waals surface area contributed by atoms with E-state index in [-0.39, 0.29) is 18.6 Å². The summed E-state index contributed by atoms with van der Waals surface area (Å²) in [5.74, 6) is 0.568. The fraction of sp³-hybridized carbons (Fsp3) is 0.750. The van der Waals surface area contributed by atoms with Crippen molar-refractivity contribution in [1.29, 1.82) is 0 Å². The Bertz CT molecular complexity index is 255. The van der Waals surface area contributed by atoms with Crippen LogP contribution in [0.25, 0.3) is 0 Å². The van der Waals surface area contributed by atoms with Gasteiger partial charge >= 0.3 is 0 Å². The molecule has 4 heteroatoms. The molecule has 1 rings (SSSR count). The molecule has 1 aliphatic heterocycles. The van der Waals surface area contributed by atoms with Crippen LogP contribution in [0.2, 0.25) is 0 Å². The first kappa shape index (κ1) is 13.2. The van der Waals surface area contributed by atoms with Crippen molar-refractivity contribution < 1.29 is 9.90 Å². The molecule has 0 aromatic carbocycles. The highest BCUT2D eigenvalue weighted by Crippen LogP contribution is 2.16. The highest BCUT2D eigenvalue weighted by atomic mass is 16.3. The molecule has 0 spiro atoms. The topological polar surface area (TPSA) is 43.8 Å². The zero-order valence-corrected chi connectivity index (χ0v) is 10.2.